The van der Waals surface area contributed by atoms with E-state index in [1.807, 2.05) is 18.2 Å². The molecule has 3 unspecified atom stereocenters. The number of rotatable bonds is 3. The summed E-state index contributed by atoms with van der Waals surface area (Å²) in [4.78, 5) is 11.3. The van der Waals surface area contributed by atoms with Crippen LogP contribution in [0.1, 0.15) is 36.4 Å². The number of methoxy groups -OCH3 is 1. The van der Waals surface area contributed by atoms with Gasteiger partial charge in [-0.3, -0.25) is 4.79 Å². The van der Waals surface area contributed by atoms with E-state index >= 15 is 0 Å². The number of ether oxygens (including phenoxy) is 2. The molecule has 2 aromatic rings. The Morgan fingerprint density at radius 3 is 2.85 bits per heavy atom. The lowest BCUT2D eigenvalue weighted by molar-refractivity contribution is -0.132. The summed E-state index contributed by atoms with van der Waals surface area (Å²) >= 11 is 0. The Labute approximate surface area is 151 Å². The maximum Gasteiger partial charge on any atom is 0.308 e. The molecule has 5 heteroatoms. The van der Waals surface area contributed by atoms with Crippen molar-refractivity contribution >= 4 is 11.7 Å². The molecule has 0 aromatic heterocycles. The van der Waals surface area contributed by atoms with Crippen LogP contribution in [-0.2, 0) is 4.79 Å². The van der Waals surface area contributed by atoms with E-state index in [9.17, 15) is 9.18 Å². The smallest absolute Gasteiger partial charge is 0.308 e. The molecule has 0 bridgehead atoms. The number of allylic oxidation sites excluding steroid dienone is 2. The van der Waals surface area contributed by atoms with E-state index in [-0.39, 0.29) is 17.8 Å². The number of halogens is 1. The van der Waals surface area contributed by atoms with Gasteiger partial charge < -0.3 is 14.8 Å². The molecule has 1 heterocycles. The second kappa shape index (κ2) is 6.48. The maximum absolute atomic E-state index is 14.4. The summed E-state index contributed by atoms with van der Waals surface area (Å²) in [6.07, 6.45) is 5.25. The molecule has 1 aliphatic carbocycles. The van der Waals surface area contributed by atoms with Crippen LogP contribution in [0.15, 0.2) is 48.6 Å². The molecule has 26 heavy (non-hydrogen) atoms. The quantitative estimate of drug-likeness (QED) is 0.498. The summed E-state index contributed by atoms with van der Waals surface area (Å²) in [7, 11) is 1.54. The Hall–Kier alpha value is -2.82. The third kappa shape index (κ3) is 2.73. The van der Waals surface area contributed by atoms with Crippen LogP contribution in [0.2, 0.25) is 0 Å². The molecule has 1 aliphatic heterocycles. The molecule has 0 spiro atoms. The van der Waals surface area contributed by atoms with Crippen molar-refractivity contribution in [1.29, 1.82) is 0 Å². The summed E-state index contributed by atoms with van der Waals surface area (Å²) in [5.74, 6) is 0.714. The summed E-state index contributed by atoms with van der Waals surface area (Å²) in [5, 5.41) is 3.39. The minimum Gasteiger partial charge on any atom is -0.493 e. The molecule has 0 saturated heterocycles. The van der Waals surface area contributed by atoms with Gasteiger partial charge in [0.2, 0.25) is 0 Å². The van der Waals surface area contributed by atoms with Crippen molar-refractivity contribution in [3.63, 3.8) is 0 Å². The fourth-order valence-electron chi connectivity index (χ4n) is 4.03. The van der Waals surface area contributed by atoms with Crippen LogP contribution in [-0.4, -0.2) is 13.1 Å². The van der Waals surface area contributed by atoms with Crippen LogP contribution in [0.4, 0.5) is 10.1 Å². The van der Waals surface area contributed by atoms with Crippen LogP contribution >= 0.6 is 0 Å². The third-order valence-electron chi connectivity index (χ3n) is 5.15. The lowest BCUT2D eigenvalue weighted by atomic mass is 9.77. The molecule has 0 saturated carbocycles. The number of esters is 1. The third-order valence-corrected chi connectivity index (χ3v) is 5.15. The molecule has 2 aromatic carbocycles. The zero-order valence-electron chi connectivity index (χ0n) is 14.7. The van der Waals surface area contributed by atoms with Gasteiger partial charge in [0.05, 0.1) is 18.8 Å². The van der Waals surface area contributed by atoms with Crippen LogP contribution < -0.4 is 14.8 Å². The van der Waals surface area contributed by atoms with Crippen molar-refractivity contribution in [3.05, 3.63) is 65.5 Å². The van der Waals surface area contributed by atoms with Crippen molar-refractivity contribution in [2.45, 2.75) is 25.3 Å². The molecule has 4 nitrogen and oxygen atoms in total. The summed E-state index contributed by atoms with van der Waals surface area (Å²) in [6.45, 7) is 1.35. The van der Waals surface area contributed by atoms with E-state index in [2.05, 4.69) is 17.5 Å². The van der Waals surface area contributed by atoms with Gasteiger partial charge in [0.1, 0.15) is 5.82 Å². The first-order valence-corrected chi connectivity index (χ1v) is 8.66. The van der Waals surface area contributed by atoms with Crippen molar-refractivity contribution in [3.8, 4) is 11.5 Å². The van der Waals surface area contributed by atoms with E-state index in [0.29, 0.717) is 23.1 Å². The summed E-state index contributed by atoms with van der Waals surface area (Å²) in [5.41, 5.74) is 2.54. The maximum atomic E-state index is 14.4. The molecule has 2 aliphatic rings. The fourth-order valence-corrected chi connectivity index (χ4v) is 4.03. The molecular formula is C21H20FNO3. The van der Waals surface area contributed by atoms with Gasteiger partial charge in [0.15, 0.2) is 11.5 Å². The van der Waals surface area contributed by atoms with Crippen LogP contribution in [0.5, 0.6) is 11.5 Å². The highest BCUT2D eigenvalue weighted by Crippen LogP contribution is 2.51. The fraction of sp³-hybridized carbons (Fsp3) is 0.286. The van der Waals surface area contributed by atoms with Gasteiger partial charge in [-0.2, -0.15) is 0 Å². The molecule has 4 rings (SSSR count). The number of anilines is 1. The second-order valence-corrected chi connectivity index (χ2v) is 6.68. The molecule has 0 fully saturated rings. The number of carbonyl (C=O) groups excluding carboxylic acids is 1. The average Bonchev–Trinajstić information content (AvgIpc) is 3.11. The highest BCUT2D eigenvalue weighted by atomic mass is 19.1. The van der Waals surface area contributed by atoms with Gasteiger partial charge in [-0.25, -0.2) is 4.39 Å². The highest BCUT2D eigenvalue weighted by Gasteiger charge is 2.39. The minimum atomic E-state index is -0.400. The van der Waals surface area contributed by atoms with Crippen molar-refractivity contribution in [2.24, 2.45) is 5.92 Å². The molecular weight excluding hydrogens is 333 g/mol. The van der Waals surface area contributed by atoms with Crippen molar-refractivity contribution in [1.82, 2.24) is 0 Å². The first-order chi connectivity index (χ1) is 12.6. The first kappa shape index (κ1) is 16.6. The number of hydrogen-bond acceptors (Lipinski definition) is 4. The Bertz CT molecular complexity index is 893. The Morgan fingerprint density at radius 1 is 1.23 bits per heavy atom. The normalized spacial score (nSPS) is 23.0. The zero-order chi connectivity index (χ0) is 18.3. The highest BCUT2D eigenvalue weighted by molar-refractivity contribution is 5.70. The standard InChI is InChI=1S/C21H20FNO3/c1-12(24)26-18-10-9-13(11-19(18)25-2)20-15-6-3-5-14(15)16-7-4-8-17(22)21(16)23-20/h3-5,7-11,14-15,20,23H,6H2,1-2H3. The van der Waals surface area contributed by atoms with Crippen LogP contribution in [0.3, 0.4) is 0 Å². The number of nitrogens with one attached hydrogen (secondary N) is 1. The first-order valence-electron chi connectivity index (χ1n) is 8.66. The van der Waals surface area contributed by atoms with Gasteiger partial charge in [-0.05, 0) is 41.7 Å². The molecule has 134 valence electrons. The number of para-hydroxylation sites is 1. The van der Waals surface area contributed by atoms with Crippen molar-refractivity contribution < 1.29 is 18.7 Å². The predicted molar refractivity (Wildman–Crippen MR) is 97.1 cm³/mol. The predicted octanol–water partition coefficient (Wildman–Crippen LogP) is 4.59. The SMILES string of the molecule is COc1cc(C2Nc3c(F)cccc3C3C=CCC32)ccc1OC(C)=O. The van der Waals surface area contributed by atoms with Gasteiger partial charge in [-0.1, -0.05) is 30.4 Å². The lowest BCUT2D eigenvalue weighted by Crippen LogP contribution is -2.29. The minimum absolute atomic E-state index is 0.0559. The summed E-state index contributed by atoms with van der Waals surface area (Å²) in [6, 6.07) is 10.7. The van der Waals surface area contributed by atoms with Crippen LogP contribution in [0.25, 0.3) is 0 Å². The average molecular weight is 353 g/mol. The van der Waals surface area contributed by atoms with E-state index in [4.69, 9.17) is 9.47 Å². The van der Waals surface area contributed by atoms with E-state index < -0.39 is 5.97 Å². The molecule has 0 radical (unpaired) electrons. The van der Waals surface area contributed by atoms with Gasteiger partial charge in [0.25, 0.3) is 0 Å². The second-order valence-electron chi connectivity index (χ2n) is 6.68. The molecule has 3 atom stereocenters. The van der Waals surface area contributed by atoms with E-state index in [1.165, 1.54) is 20.1 Å². The van der Waals surface area contributed by atoms with E-state index in [0.717, 1.165) is 17.5 Å². The number of hydrogen-bond donors (Lipinski definition) is 1. The zero-order valence-corrected chi connectivity index (χ0v) is 14.7. The Balaban J connectivity index is 1.74. The van der Waals surface area contributed by atoms with Gasteiger partial charge in [-0.15, -0.1) is 0 Å². The van der Waals surface area contributed by atoms with E-state index in [1.54, 1.807) is 12.1 Å². The Kier molecular flexibility index (Phi) is 4.15. The van der Waals surface area contributed by atoms with Crippen LogP contribution in [0, 0.1) is 11.7 Å². The largest absolute Gasteiger partial charge is 0.493 e. The molecule has 0 amide bonds. The Morgan fingerprint density at radius 2 is 2.08 bits per heavy atom. The monoisotopic (exact) mass is 353 g/mol. The number of carbonyl (C=O) groups is 1. The molecule has 1 N–H and O–H groups in total. The summed E-state index contributed by atoms with van der Waals surface area (Å²) < 4.78 is 25.0. The topological polar surface area (TPSA) is 47.6 Å². The number of benzene rings is 2. The van der Waals surface area contributed by atoms with Gasteiger partial charge >= 0.3 is 5.97 Å². The van der Waals surface area contributed by atoms with Crippen molar-refractivity contribution in [2.75, 3.05) is 12.4 Å². The lowest BCUT2D eigenvalue weighted by Gasteiger charge is -2.37. The number of fused-ring (bicyclic) bond motifs is 3. The van der Waals surface area contributed by atoms with Gasteiger partial charge in [0, 0.05) is 12.8 Å².